The molecule has 0 saturated carbocycles. The molecule has 2 saturated heterocycles. The van der Waals surface area contributed by atoms with Crippen LogP contribution in [0.4, 0.5) is 0 Å². The van der Waals surface area contributed by atoms with Gasteiger partial charge in [-0.25, -0.2) is 0 Å². The fraction of sp³-hybridized carbons (Fsp3) is 0.929. The smallest absolute Gasteiger partial charge is 0.326 e. The van der Waals surface area contributed by atoms with Gasteiger partial charge >= 0.3 is 5.97 Å². The molecule has 0 aromatic carbocycles. The van der Waals surface area contributed by atoms with Gasteiger partial charge in [0.2, 0.25) is 0 Å². The Bertz CT molecular complexity index is 303. The maximum atomic E-state index is 12.6. The van der Waals surface area contributed by atoms with Gasteiger partial charge < -0.3 is 15.4 Å². The van der Waals surface area contributed by atoms with Crippen LogP contribution in [0.2, 0.25) is 0 Å². The highest BCUT2D eigenvalue weighted by atomic mass is 16.5. The number of rotatable bonds is 3. The van der Waals surface area contributed by atoms with Crippen LogP contribution in [-0.4, -0.2) is 62.3 Å². The third-order valence-corrected chi connectivity index (χ3v) is 4.48. The summed E-state index contributed by atoms with van der Waals surface area (Å²) in [6, 6.07) is 0. The first kappa shape index (κ1) is 14.8. The molecule has 110 valence electrons. The SMILES string of the molecule is CCOC(=O)C1(N2CCCNCC2)CCNCC1C. The molecule has 2 heterocycles. The Balaban J connectivity index is 2.23. The maximum Gasteiger partial charge on any atom is 0.326 e. The van der Waals surface area contributed by atoms with Crippen molar-refractivity contribution < 1.29 is 9.53 Å². The number of carbonyl (C=O) groups excluding carboxylic acids is 1. The number of nitrogens with one attached hydrogen (secondary N) is 2. The first-order valence-corrected chi connectivity index (χ1v) is 7.55. The molecule has 2 aliphatic rings. The summed E-state index contributed by atoms with van der Waals surface area (Å²) < 4.78 is 5.42. The lowest BCUT2D eigenvalue weighted by atomic mass is 9.77. The van der Waals surface area contributed by atoms with E-state index in [0.717, 1.165) is 52.1 Å². The molecule has 0 amide bonds. The van der Waals surface area contributed by atoms with Crippen molar-refractivity contribution in [1.82, 2.24) is 15.5 Å². The van der Waals surface area contributed by atoms with Crippen LogP contribution in [0.15, 0.2) is 0 Å². The van der Waals surface area contributed by atoms with Crippen LogP contribution >= 0.6 is 0 Å². The number of ether oxygens (including phenoxy) is 1. The molecule has 19 heavy (non-hydrogen) atoms. The van der Waals surface area contributed by atoms with Gasteiger partial charge in [0.1, 0.15) is 5.54 Å². The molecule has 0 aromatic rings. The molecule has 2 fully saturated rings. The van der Waals surface area contributed by atoms with E-state index < -0.39 is 5.54 Å². The van der Waals surface area contributed by atoms with Gasteiger partial charge in [0.25, 0.3) is 0 Å². The molecule has 2 atom stereocenters. The fourth-order valence-electron chi connectivity index (χ4n) is 3.42. The van der Waals surface area contributed by atoms with E-state index >= 15 is 0 Å². The number of nitrogens with zero attached hydrogens (tertiary/aromatic N) is 1. The predicted molar refractivity (Wildman–Crippen MR) is 75.1 cm³/mol. The summed E-state index contributed by atoms with van der Waals surface area (Å²) in [7, 11) is 0. The largest absolute Gasteiger partial charge is 0.465 e. The Labute approximate surface area is 116 Å². The molecule has 0 radical (unpaired) electrons. The summed E-state index contributed by atoms with van der Waals surface area (Å²) in [5, 5.41) is 6.80. The van der Waals surface area contributed by atoms with Gasteiger partial charge in [0.05, 0.1) is 6.61 Å². The first-order chi connectivity index (χ1) is 9.21. The van der Waals surface area contributed by atoms with Crippen molar-refractivity contribution in [2.45, 2.75) is 32.2 Å². The lowest BCUT2D eigenvalue weighted by molar-refractivity contribution is -0.164. The van der Waals surface area contributed by atoms with Crippen LogP contribution in [0.5, 0.6) is 0 Å². The zero-order valence-corrected chi connectivity index (χ0v) is 12.2. The molecule has 0 aliphatic carbocycles. The molecule has 5 heteroatoms. The van der Waals surface area contributed by atoms with E-state index in [1.165, 1.54) is 0 Å². The van der Waals surface area contributed by atoms with Gasteiger partial charge in [-0.3, -0.25) is 9.69 Å². The maximum absolute atomic E-state index is 12.6. The fourth-order valence-corrected chi connectivity index (χ4v) is 3.42. The average molecular weight is 269 g/mol. The van der Waals surface area contributed by atoms with E-state index in [2.05, 4.69) is 22.5 Å². The number of piperidine rings is 1. The van der Waals surface area contributed by atoms with E-state index in [9.17, 15) is 4.79 Å². The van der Waals surface area contributed by atoms with Gasteiger partial charge in [-0.2, -0.15) is 0 Å². The molecule has 0 spiro atoms. The highest BCUT2D eigenvalue weighted by Gasteiger charge is 2.50. The summed E-state index contributed by atoms with van der Waals surface area (Å²) in [5.41, 5.74) is -0.423. The van der Waals surface area contributed by atoms with Crippen molar-refractivity contribution in [3.63, 3.8) is 0 Å². The summed E-state index contributed by atoms with van der Waals surface area (Å²) in [4.78, 5) is 15.0. The van der Waals surface area contributed by atoms with Crippen molar-refractivity contribution >= 4 is 5.97 Å². The molecule has 2 N–H and O–H groups in total. The average Bonchev–Trinajstić information content (AvgIpc) is 2.69. The lowest BCUT2D eigenvalue weighted by Gasteiger charge is -2.48. The summed E-state index contributed by atoms with van der Waals surface area (Å²) in [5.74, 6) is 0.268. The monoisotopic (exact) mass is 269 g/mol. The number of hydrogen-bond donors (Lipinski definition) is 2. The quantitative estimate of drug-likeness (QED) is 0.718. The second-order valence-corrected chi connectivity index (χ2v) is 5.59. The molecule has 5 nitrogen and oxygen atoms in total. The minimum atomic E-state index is -0.423. The molecule has 2 aliphatic heterocycles. The van der Waals surface area contributed by atoms with Crippen molar-refractivity contribution in [2.75, 3.05) is 45.9 Å². The Kier molecular flexibility index (Phi) is 5.19. The minimum Gasteiger partial charge on any atom is -0.465 e. The third-order valence-electron chi connectivity index (χ3n) is 4.48. The summed E-state index contributed by atoms with van der Waals surface area (Å²) in [6.07, 6.45) is 1.95. The van der Waals surface area contributed by atoms with Gasteiger partial charge in [-0.15, -0.1) is 0 Å². The van der Waals surface area contributed by atoms with Gasteiger partial charge in [-0.05, 0) is 38.8 Å². The zero-order valence-electron chi connectivity index (χ0n) is 12.2. The van der Waals surface area contributed by atoms with Crippen molar-refractivity contribution in [2.24, 2.45) is 5.92 Å². The van der Waals surface area contributed by atoms with E-state index in [0.29, 0.717) is 12.5 Å². The molecular formula is C14H27N3O2. The van der Waals surface area contributed by atoms with Crippen molar-refractivity contribution in [1.29, 1.82) is 0 Å². The number of esters is 1. The van der Waals surface area contributed by atoms with Crippen LogP contribution < -0.4 is 10.6 Å². The standard InChI is InChI=1S/C14H27N3O2/c1-3-19-13(18)14(5-7-16-11-12(14)2)17-9-4-6-15-8-10-17/h12,15-16H,3-11H2,1-2H3. The molecule has 0 bridgehead atoms. The highest BCUT2D eigenvalue weighted by molar-refractivity contribution is 5.81. The molecule has 2 rings (SSSR count). The Hall–Kier alpha value is -0.650. The predicted octanol–water partition coefficient (Wildman–Crippen LogP) is 0.213. The lowest BCUT2D eigenvalue weighted by Crippen LogP contribution is -2.65. The Morgan fingerprint density at radius 3 is 2.89 bits per heavy atom. The van der Waals surface area contributed by atoms with Crippen molar-refractivity contribution in [3.8, 4) is 0 Å². The minimum absolute atomic E-state index is 0.0223. The zero-order chi connectivity index (χ0) is 13.7. The Morgan fingerprint density at radius 2 is 2.16 bits per heavy atom. The van der Waals surface area contributed by atoms with Crippen molar-refractivity contribution in [3.05, 3.63) is 0 Å². The molecule has 0 aromatic heterocycles. The van der Waals surface area contributed by atoms with Crippen LogP contribution in [0, 0.1) is 5.92 Å². The van der Waals surface area contributed by atoms with Gasteiger partial charge in [0.15, 0.2) is 0 Å². The molecule has 2 unspecified atom stereocenters. The first-order valence-electron chi connectivity index (χ1n) is 7.55. The van der Waals surface area contributed by atoms with E-state index in [1.807, 2.05) is 6.92 Å². The second kappa shape index (κ2) is 6.68. The van der Waals surface area contributed by atoms with Gasteiger partial charge in [0, 0.05) is 26.2 Å². The van der Waals surface area contributed by atoms with E-state index in [-0.39, 0.29) is 5.97 Å². The highest BCUT2D eigenvalue weighted by Crippen LogP contribution is 2.33. The van der Waals surface area contributed by atoms with Crippen LogP contribution in [0.1, 0.15) is 26.7 Å². The van der Waals surface area contributed by atoms with Crippen LogP contribution in [-0.2, 0) is 9.53 Å². The summed E-state index contributed by atoms with van der Waals surface area (Å²) in [6.45, 7) is 10.2. The van der Waals surface area contributed by atoms with Crippen LogP contribution in [0.25, 0.3) is 0 Å². The third kappa shape index (κ3) is 2.93. The van der Waals surface area contributed by atoms with Gasteiger partial charge in [-0.1, -0.05) is 6.92 Å². The topological polar surface area (TPSA) is 53.6 Å². The Morgan fingerprint density at radius 1 is 1.32 bits per heavy atom. The van der Waals surface area contributed by atoms with E-state index in [4.69, 9.17) is 4.74 Å². The number of carbonyl (C=O) groups is 1. The molecular weight excluding hydrogens is 242 g/mol. The second-order valence-electron chi connectivity index (χ2n) is 5.59. The summed E-state index contributed by atoms with van der Waals surface area (Å²) >= 11 is 0. The number of hydrogen-bond acceptors (Lipinski definition) is 5. The normalized spacial score (nSPS) is 33.7. The van der Waals surface area contributed by atoms with Crippen LogP contribution in [0.3, 0.4) is 0 Å². The van der Waals surface area contributed by atoms with E-state index in [1.54, 1.807) is 0 Å².